The average molecular weight is 1320 g/mol. The highest BCUT2D eigenvalue weighted by atomic mass is 31.3. The van der Waals surface area contributed by atoms with Gasteiger partial charge in [0.1, 0.15) is 0 Å². The van der Waals surface area contributed by atoms with Crippen molar-refractivity contribution in [2.24, 2.45) is 31.6 Å². The van der Waals surface area contributed by atoms with E-state index in [0.29, 0.717) is 0 Å². The van der Waals surface area contributed by atoms with Gasteiger partial charge in [-0.2, -0.15) is 31.6 Å². The van der Waals surface area contributed by atoms with Crippen molar-refractivity contribution in [3.63, 3.8) is 0 Å². The summed E-state index contributed by atoms with van der Waals surface area (Å²) in [5, 5.41) is 59.5. The summed E-state index contributed by atoms with van der Waals surface area (Å²) in [4.78, 5) is 0. The van der Waals surface area contributed by atoms with Gasteiger partial charge >= 0.3 is 0 Å². The van der Waals surface area contributed by atoms with Gasteiger partial charge in [-0.05, 0) is 89.9 Å². The minimum atomic E-state index is -3.27. The van der Waals surface area contributed by atoms with E-state index in [4.69, 9.17) is 31.6 Å². The van der Waals surface area contributed by atoms with Crippen LogP contribution in [-0.4, -0.2) is 91.6 Å². The first-order valence-corrected chi connectivity index (χ1v) is 46.6. The smallest absolute Gasteiger partial charge is 0.215 e. The lowest BCUT2D eigenvalue weighted by Gasteiger charge is -2.38. The van der Waals surface area contributed by atoms with Gasteiger partial charge in [-0.1, -0.05) is 187 Å². The van der Waals surface area contributed by atoms with Crippen molar-refractivity contribution >= 4 is 52.5 Å². The molecule has 28 heteroatoms. The molecule has 0 unspecified atom stereocenters. The fourth-order valence-corrected chi connectivity index (χ4v) is 36.7. The van der Waals surface area contributed by atoms with E-state index in [0.717, 1.165) is 271 Å². The molecule has 0 bridgehead atoms. The zero-order valence-corrected chi connectivity index (χ0v) is 63.2. The van der Waals surface area contributed by atoms with E-state index in [-0.39, 0.29) is 0 Å². The lowest BCUT2D eigenvalue weighted by Crippen LogP contribution is -2.32. The van der Waals surface area contributed by atoms with Crippen LogP contribution in [0.25, 0.3) is 0 Å². The highest BCUT2D eigenvalue weighted by molar-refractivity contribution is 7.84. The molecule has 1 rings (SSSR count). The summed E-state index contributed by atoms with van der Waals surface area (Å²) in [5.74, 6) is 0. The molecule has 0 aliphatic carbocycles. The van der Waals surface area contributed by atoms with Crippen LogP contribution in [0, 0.1) is 0 Å². The molecule has 1 aliphatic heterocycles. The number of nitrogens with one attached hydrogen (secondary N) is 14. The van der Waals surface area contributed by atoms with E-state index >= 15 is 0 Å². The Hall–Kier alpha value is 1.05. The zero-order chi connectivity index (χ0) is 62.0. The third-order valence-electron chi connectivity index (χ3n) is 13.9. The Morgan fingerprint density at radius 1 is 0.143 bits per heavy atom. The van der Waals surface area contributed by atoms with E-state index < -0.39 is 52.5 Å². The quantitative estimate of drug-likeness (QED) is 0.0200. The van der Waals surface area contributed by atoms with Gasteiger partial charge < -0.3 is 0 Å². The highest BCUT2D eigenvalue weighted by Crippen LogP contribution is 2.72. The molecule has 1 heterocycles. The molecule has 0 radical (unpaired) electrons. The van der Waals surface area contributed by atoms with Crippen LogP contribution in [0.2, 0.25) is 0 Å². The van der Waals surface area contributed by atoms with E-state index in [1.807, 2.05) is 0 Å². The Morgan fingerprint density at radius 3 is 0.274 bits per heavy atom. The fraction of sp³-hybridized carbons (Fsp3) is 1.00. The van der Waals surface area contributed by atoms with E-state index in [1.165, 1.54) is 0 Å². The van der Waals surface area contributed by atoms with Gasteiger partial charge in [0.2, 0.25) is 52.5 Å². The first-order chi connectivity index (χ1) is 40.8. The molecule has 0 aromatic heterocycles. The van der Waals surface area contributed by atoms with Crippen LogP contribution >= 0.6 is 52.5 Å². The number of rotatable bonds is 56. The standard InChI is InChI=1S/C56H140N21P7/c1-15-29-43-57-78(58-44-30-16-2)71-79(59-45-31-17-3,60-46-32-18-4)73-81(63-49-35-21-7,64-50-36-22-8)75-83(67-53-39-25-11,68-54-40-26-12)77-84(69-55-41-27-13,70-56-42-28-14)76-82(65-51-37-23-9,66-52-38-24-10)74-80(72-78,61-47-33-19-5)62-48-34-20-6/h57-70H,15-56H2,1-14H3. The Kier molecular flexibility index (Phi) is 51.0. The molecular weight excluding hydrogens is 1180 g/mol. The zero-order valence-electron chi connectivity index (χ0n) is 57.0. The molecular formula is C56H140N21P7. The lowest BCUT2D eigenvalue weighted by atomic mass is 10.3. The summed E-state index contributed by atoms with van der Waals surface area (Å²) in [7, 11) is -22.9. The van der Waals surface area contributed by atoms with Gasteiger partial charge in [0.25, 0.3) is 0 Å². The van der Waals surface area contributed by atoms with Crippen LogP contribution in [0.4, 0.5) is 0 Å². The minimum Gasteiger partial charge on any atom is -0.253 e. The van der Waals surface area contributed by atoms with Crippen molar-refractivity contribution in [3.05, 3.63) is 0 Å². The molecule has 1 aliphatic rings. The van der Waals surface area contributed by atoms with Crippen molar-refractivity contribution in [2.75, 3.05) is 91.6 Å². The second-order valence-corrected chi connectivity index (χ2v) is 40.4. The van der Waals surface area contributed by atoms with Crippen molar-refractivity contribution in [3.8, 4) is 0 Å². The maximum absolute atomic E-state index is 6.53. The molecule has 0 spiro atoms. The van der Waals surface area contributed by atoms with Crippen LogP contribution < -0.4 is 71.2 Å². The monoisotopic (exact) mass is 1320 g/mol. The van der Waals surface area contributed by atoms with Crippen molar-refractivity contribution in [1.29, 1.82) is 0 Å². The second-order valence-electron chi connectivity index (χ2n) is 22.5. The molecule has 0 saturated carbocycles. The molecule has 14 N–H and O–H groups in total. The number of hydrogen-bond donors (Lipinski definition) is 14. The molecule has 0 saturated heterocycles. The van der Waals surface area contributed by atoms with E-state index in [2.05, 4.69) is 168 Å². The fourth-order valence-electron chi connectivity index (χ4n) is 8.48. The topological polar surface area (TPSA) is 255 Å². The van der Waals surface area contributed by atoms with Crippen LogP contribution in [0.1, 0.15) is 277 Å². The summed E-state index contributed by atoms with van der Waals surface area (Å²) in [5.41, 5.74) is 0. The normalized spacial score (nSPS) is 17.8. The van der Waals surface area contributed by atoms with Gasteiger partial charge in [0, 0.05) is 91.6 Å². The van der Waals surface area contributed by atoms with Gasteiger partial charge in [-0.15, -0.1) is 0 Å². The van der Waals surface area contributed by atoms with Crippen LogP contribution in [0.15, 0.2) is 31.6 Å². The Bertz CT molecular complexity index is 1510. The first kappa shape index (κ1) is 83.1. The number of nitrogens with zero attached hydrogens (tertiary/aromatic N) is 7. The van der Waals surface area contributed by atoms with Crippen molar-refractivity contribution in [2.45, 2.75) is 277 Å². The predicted molar refractivity (Wildman–Crippen MR) is 386 cm³/mol. The van der Waals surface area contributed by atoms with E-state index in [1.54, 1.807) is 0 Å². The summed E-state index contributed by atoms with van der Waals surface area (Å²) >= 11 is 0. The average Bonchev–Trinajstić information content (AvgIpc) is 3.28. The van der Waals surface area contributed by atoms with Gasteiger partial charge in [0.15, 0.2) is 0 Å². The predicted octanol–water partition coefficient (Wildman–Crippen LogP) is 19.1. The largest absolute Gasteiger partial charge is 0.253 e. The number of hydrogen-bond acceptors (Lipinski definition) is 21. The molecule has 84 heavy (non-hydrogen) atoms. The van der Waals surface area contributed by atoms with E-state index in [9.17, 15) is 0 Å². The molecule has 0 aromatic rings. The van der Waals surface area contributed by atoms with Crippen molar-refractivity contribution in [1.82, 2.24) is 71.2 Å². The third kappa shape index (κ3) is 34.6. The first-order valence-electron chi connectivity index (χ1n) is 34.8. The summed E-state index contributed by atoms with van der Waals surface area (Å²) in [6.45, 7) is 42.3. The summed E-state index contributed by atoms with van der Waals surface area (Å²) < 4.78 is 45.7. The van der Waals surface area contributed by atoms with Crippen LogP contribution in [-0.2, 0) is 0 Å². The van der Waals surface area contributed by atoms with Gasteiger partial charge in [-0.25, -0.2) is 0 Å². The minimum absolute atomic E-state index is 0.736. The van der Waals surface area contributed by atoms with Gasteiger partial charge in [0.05, 0.1) is 0 Å². The molecule has 0 atom stereocenters. The Balaban J connectivity index is 6.30. The Morgan fingerprint density at radius 2 is 0.214 bits per heavy atom. The molecule has 0 fully saturated rings. The Labute approximate surface area is 521 Å². The van der Waals surface area contributed by atoms with Crippen LogP contribution in [0.3, 0.4) is 0 Å². The summed E-state index contributed by atoms with van der Waals surface area (Å²) in [6.07, 6.45) is 28.1. The number of unbranched alkanes of at least 4 members (excludes halogenated alkanes) is 14. The third-order valence-corrected chi connectivity index (χ3v) is 37.7. The molecule has 0 amide bonds. The maximum atomic E-state index is 6.53. The molecule has 504 valence electrons. The van der Waals surface area contributed by atoms with Crippen molar-refractivity contribution < 1.29 is 0 Å². The maximum Gasteiger partial charge on any atom is 0.215 e. The summed E-state index contributed by atoms with van der Waals surface area (Å²) in [6, 6.07) is 0. The highest BCUT2D eigenvalue weighted by Gasteiger charge is 2.39. The van der Waals surface area contributed by atoms with Crippen LogP contribution in [0.5, 0.6) is 0 Å². The second kappa shape index (κ2) is 51.5. The SMILES string of the molecule is CCCCNP1(NCCCC)=NP(NCCCC)(NCCCC)=NP(NCCCC)(NCCCC)=NP(NCCCC)(NCCCC)=NP(NCCCC)(NCCCC)=NP(NCCCC)(NCCCC)=NP(NCCCC)(NCCCC)=N1. The molecule has 21 nitrogen and oxygen atoms in total. The lowest BCUT2D eigenvalue weighted by molar-refractivity contribution is 0.723. The van der Waals surface area contributed by atoms with Gasteiger partial charge in [-0.3, -0.25) is 71.2 Å². The molecule has 0 aromatic carbocycles.